The van der Waals surface area contributed by atoms with Crippen LogP contribution in [0.2, 0.25) is 0 Å². The van der Waals surface area contributed by atoms with Crippen LogP contribution in [-0.2, 0) is 6.54 Å². The Morgan fingerprint density at radius 3 is 2.51 bits per heavy atom. The van der Waals surface area contributed by atoms with E-state index in [1.165, 1.54) is 10.7 Å². The lowest BCUT2D eigenvalue weighted by Crippen LogP contribution is -2.21. The molecule has 0 unspecified atom stereocenters. The predicted molar refractivity (Wildman–Crippen MR) is 127 cm³/mol. The molecule has 3 aromatic heterocycles. The predicted octanol–water partition coefficient (Wildman–Crippen LogP) is 3.61. The van der Waals surface area contributed by atoms with E-state index in [-0.39, 0.29) is 18.2 Å². The largest absolute Gasteiger partial charge is 0.395 e. The van der Waals surface area contributed by atoms with Crippen molar-refractivity contribution in [2.24, 2.45) is 0 Å². The highest BCUT2D eigenvalue weighted by Crippen LogP contribution is 2.32. The SMILES string of the molecule is CN(CCO)Cc1ccc(-c2noc(-c3nnn(-c4ccccc4F)c3-c3ccncc3)n2)cc1. The summed E-state index contributed by atoms with van der Waals surface area (Å²) in [5.74, 6) is 0.132. The summed E-state index contributed by atoms with van der Waals surface area (Å²) in [6, 6.07) is 17.7. The van der Waals surface area contributed by atoms with Crippen molar-refractivity contribution in [2.75, 3.05) is 20.2 Å². The molecule has 0 bridgehead atoms. The van der Waals surface area contributed by atoms with Gasteiger partial charge in [0.1, 0.15) is 17.2 Å². The molecule has 3 heterocycles. The smallest absolute Gasteiger partial charge is 0.281 e. The van der Waals surface area contributed by atoms with E-state index in [1.807, 2.05) is 36.2 Å². The van der Waals surface area contributed by atoms with Crippen molar-refractivity contribution >= 4 is 0 Å². The summed E-state index contributed by atoms with van der Waals surface area (Å²) in [5.41, 5.74) is 3.69. The number of aliphatic hydroxyl groups excluding tert-OH is 1. The van der Waals surface area contributed by atoms with Gasteiger partial charge in [-0.15, -0.1) is 5.10 Å². The summed E-state index contributed by atoms with van der Waals surface area (Å²) in [7, 11) is 1.95. The Bertz CT molecular complexity index is 1420. The van der Waals surface area contributed by atoms with Crippen LogP contribution in [0.15, 0.2) is 77.6 Å². The Balaban J connectivity index is 1.50. The maximum Gasteiger partial charge on any atom is 0.281 e. The fraction of sp³-hybridized carbons (Fsp3) is 0.160. The van der Waals surface area contributed by atoms with Gasteiger partial charge in [-0.3, -0.25) is 9.88 Å². The first-order valence-electron chi connectivity index (χ1n) is 11.0. The highest BCUT2D eigenvalue weighted by atomic mass is 19.1. The number of nitrogens with zero attached hydrogens (tertiary/aromatic N) is 7. The molecule has 0 saturated heterocycles. The van der Waals surface area contributed by atoms with Crippen LogP contribution >= 0.6 is 0 Å². The van der Waals surface area contributed by atoms with Crippen molar-refractivity contribution in [1.82, 2.24) is 35.0 Å². The monoisotopic (exact) mass is 471 g/mol. The summed E-state index contributed by atoms with van der Waals surface area (Å²) in [6.07, 6.45) is 3.27. The summed E-state index contributed by atoms with van der Waals surface area (Å²) >= 11 is 0. The Morgan fingerprint density at radius 2 is 1.77 bits per heavy atom. The molecule has 0 radical (unpaired) electrons. The molecule has 0 aliphatic carbocycles. The highest BCUT2D eigenvalue weighted by molar-refractivity contribution is 5.76. The Labute approximate surface area is 200 Å². The second-order valence-corrected chi connectivity index (χ2v) is 7.97. The van der Waals surface area contributed by atoms with Crippen LogP contribution < -0.4 is 0 Å². The van der Waals surface area contributed by atoms with Crippen LogP contribution in [0, 0.1) is 5.82 Å². The molecule has 5 aromatic rings. The van der Waals surface area contributed by atoms with E-state index in [4.69, 9.17) is 9.63 Å². The van der Waals surface area contributed by atoms with Crippen LogP contribution in [0.3, 0.4) is 0 Å². The molecule has 0 fully saturated rings. The lowest BCUT2D eigenvalue weighted by atomic mass is 10.1. The number of aromatic nitrogens is 6. The third-order valence-electron chi connectivity index (χ3n) is 5.48. The Morgan fingerprint density at radius 1 is 1.00 bits per heavy atom. The number of para-hydroxylation sites is 1. The molecule has 176 valence electrons. The third kappa shape index (κ3) is 4.70. The molecule has 5 rings (SSSR count). The van der Waals surface area contributed by atoms with Crippen LogP contribution in [-0.4, -0.2) is 60.3 Å². The first-order valence-corrected chi connectivity index (χ1v) is 11.0. The fourth-order valence-corrected chi connectivity index (χ4v) is 3.74. The zero-order valence-electron chi connectivity index (χ0n) is 18.9. The minimum atomic E-state index is -0.435. The molecule has 0 aliphatic heterocycles. The zero-order valence-corrected chi connectivity index (χ0v) is 18.9. The lowest BCUT2D eigenvalue weighted by molar-refractivity contribution is 0.217. The molecule has 0 atom stereocenters. The van der Waals surface area contributed by atoms with Crippen molar-refractivity contribution in [1.29, 1.82) is 0 Å². The molecule has 0 amide bonds. The van der Waals surface area contributed by atoms with Gasteiger partial charge in [0.05, 0.1) is 6.61 Å². The lowest BCUT2D eigenvalue weighted by Gasteiger charge is -2.14. The van der Waals surface area contributed by atoms with Gasteiger partial charge in [-0.25, -0.2) is 9.07 Å². The maximum atomic E-state index is 14.6. The molecule has 0 spiro atoms. The van der Waals surface area contributed by atoms with E-state index >= 15 is 0 Å². The number of aliphatic hydroxyl groups is 1. The van der Waals surface area contributed by atoms with Gasteiger partial charge >= 0.3 is 0 Å². The molecule has 1 N–H and O–H groups in total. The van der Waals surface area contributed by atoms with Crippen molar-refractivity contribution < 1.29 is 14.0 Å². The van der Waals surface area contributed by atoms with E-state index < -0.39 is 5.82 Å². The van der Waals surface area contributed by atoms with Gasteiger partial charge in [0, 0.05) is 36.6 Å². The first kappa shape index (κ1) is 22.5. The number of hydrogen-bond acceptors (Lipinski definition) is 8. The quantitative estimate of drug-likeness (QED) is 0.366. The Kier molecular flexibility index (Phi) is 6.38. The van der Waals surface area contributed by atoms with Gasteiger partial charge < -0.3 is 9.63 Å². The minimum absolute atomic E-state index is 0.114. The number of halogens is 1. The van der Waals surface area contributed by atoms with Gasteiger partial charge in [-0.05, 0) is 36.9 Å². The second kappa shape index (κ2) is 9.92. The average Bonchev–Trinajstić information content (AvgIpc) is 3.53. The van der Waals surface area contributed by atoms with Gasteiger partial charge in [0.2, 0.25) is 5.82 Å². The number of pyridine rings is 1. The highest BCUT2D eigenvalue weighted by Gasteiger charge is 2.24. The molecular weight excluding hydrogens is 449 g/mol. The topological polar surface area (TPSA) is 106 Å². The molecule has 0 aliphatic rings. The second-order valence-electron chi connectivity index (χ2n) is 7.97. The first-order chi connectivity index (χ1) is 17.1. The van der Waals surface area contributed by atoms with Gasteiger partial charge in [0.25, 0.3) is 5.89 Å². The maximum absolute atomic E-state index is 14.6. The van der Waals surface area contributed by atoms with Gasteiger partial charge in [-0.1, -0.05) is 46.8 Å². The standard InChI is InChI=1S/C25H22FN7O2/c1-32(14-15-34)16-17-6-8-19(9-7-17)24-28-25(35-30-24)22-23(18-10-12-27-13-11-18)33(31-29-22)21-5-3-2-4-20(21)26/h2-13,34H,14-16H2,1H3. The number of rotatable bonds is 8. The number of benzene rings is 2. The zero-order chi connectivity index (χ0) is 24.2. The molecule has 10 heteroatoms. The van der Waals surface area contributed by atoms with Crippen molar-refractivity contribution in [3.05, 3.63) is 84.4 Å². The summed E-state index contributed by atoms with van der Waals surface area (Å²) in [5, 5.41) is 21.6. The van der Waals surface area contributed by atoms with Crippen LogP contribution in [0.1, 0.15) is 5.56 Å². The van der Waals surface area contributed by atoms with Crippen molar-refractivity contribution in [3.8, 4) is 39.9 Å². The van der Waals surface area contributed by atoms with E-state index in [9.17, 15) is 4.39 Å². The van der Waals surface area contributed by atoms with Crippen molar-refractivity contribution in [2.45, 2.75) is 6.54 Å². The Hall–Kier alpha value is -4.28. The van der Waals surface area contributed by atoms with Crippen LogP contribution in [0.25, 0.3) is 39.9 Å². The molecule has 9 nitrogen and oxygen atoms in total. The third-order valence-corrected chi connectivity index (χ3v) is 5.48. The summed E-state index contributed by atoms with van der Waals surface area (Å²) < 4.78 is 21.6. The van der Waals surface area contributed by atoms with Gasteiger partial charge in [0.15, 0.2) is 5.69 Å². The van der Waals surface area contributed by atoms with Crippen LogP contribution in [0.4, 0.5) is 4.39 Å². The normalized spacial score (nSPS) is 11.3. The number of likely N-dealkylation sites (N-methyl/N-ethyl adjacent to an activating group) is 1. The number of hydrogen-bond donors (Lipinski definition) is 1. The fourth-order valence-electron chi connectivity index (χ4n) is 3.74. The van der Waals surface area contributed by atoms with Gasteiger partial charge in [-0.2, -0.15) is 4.98 Å². The molecule has 0 saturated carbocycles. The van der Waals surface area contributed by atoms with Crippen molar-refractivity contribution in [3.63, 3.8) is 0 Å². The average molecular weight is 471 g/mol. The minimum Gasteiger partial charge on any atom is -0.395 e. The molecule has 2 aromatic carbocycles. The van der Waals surface area contributed by atoms with E-state index in [0.29, 0.717) is 30.3 Å². The summed E-state index contributed by atoms with van der Waals surface area (Å²) in [6.45, 7) is 1.43. The van der Waals surface area contributed by atoms with E-state index in [2.05, 4.69) is 25.4 Å². The summed E-state index contributed by atoms with van der Waals surface area (Å²) in [4.78, 5) is 10.6. The van der Waals surface area contributed by atoms with E-state index in [1.54, 1.807) is 42.7 Å². The molecular formula is C25H22FN7O2. The molecule has 35 heavy (non-hydrogen) atoms. The van der Waals surface area contributed by atoms with Crippen LogP contribution in [0.5, 0.6) is 0 Å². The van der Waals surface area contributed by atoms with E-state index in [0.717, 1.165) is 16.7 Å².